The van der Waals surface area contributed by atoms with Crippen molar-refractivity contribution in [1.82, 2.24) is 10.2 Å². The van der Waals surface area contributed by atoms with Crippen molar-refractivity contribution in [3.8, 4) is 0 Å². The fourth-order valence-corrected chi connectivity index (χ4v) is 2.95. The van der Waals surface area contributed by atoms with Gasteiger partial charge in [0.05, 0.1) is 5.69 Å². The highest BCUT2D eigenvalue weighted by molar-refractivity contribution is 5.99. The van der Waals surface area contributed by atoms with Gasteiger partial charge in [0, 0.05) is 11.5 Å². The van der Waals surface area contributed by atoms with E-state index in [2.05, 4.69) is 32.3 Å². The molecule has 76 valence electrons. The molecule has 1 aromatic rings. The van der Waals surface area contributed by atoms with Gasteiger partial charge in [-0.2, -0.15) is 10.2 Å². The van der Waals surface area contributed by atoms with E-state index in [0.717, 1.165) is 29.8 Å². The Hall–Kier alpha value is -1.52. The minimum atomic E-state index is 0.465. The molecule has 3 aliphatic rings. The molecule has 1 aliphatic heterocycles. The first-order chi connectivity index (χ1) is 7.36. The Morgan fingerprint density at radius 3 is 3.13 bits per heavy atom. The van der Waals surface area contributed by atoms with Gasteiger partial charge in [0.1, 0.15) is 5.69 Å². The molecule has 2 aliphatic carbocycles. The van der Waals surface area contributed by atoms with Gasteiger partial charge in [-0.1, -0.05) is 6.92 Å². The first-order valence-corrected chi connectivity index (χ1v) is 5.35. The van der Waals surface area contributed by atoms with Gasteiger partial charge in [0.25, 0.3) is 0 Å². The molecule has 1 N–H and O–H groups in total. The number of H-pyrrole nitrogens is 1. The monoisotopic (exact) mass is 201 g/mol. The fraction of sp³-hybridized carbons (Fsp3) is 0.600. The van der Waals surface area contributed by atoms with Gasteiger partial charge in [-0.15, -0.1) is 5.11 Å². The number of amidine groups is 1. The van der Waals surface area contributed by atoms with E-state index in [9.17, 15) is 0 Å². The summed E-state index contributed by atoms with van der Waals surface area (Å²) in [6.45, 7) is 2.77. The van der Waals surface area contributed by atoms with Crippen molar-refractivity contribution in [2.75, 3.05) is 6.67 Å². The number of nitrogens with zero attached hydrogens (tertiary/aromatic N) is 4. The Morgan fingerprint density at radius 1 is 1.40 bits per heavy atom. The second kappa shape index (κ2) is 2.35. The van der Waals surface area contributed by atoms with E-state index in [1.54, 1.807) is 0 Å². The van der Waals surface area contributed by atoms with Crippen molar-refractivity contribution in [3.63, 3.8) is 0 Å². The maximum absolute atomic E-state index is 4.41. The predicted octanol–water partition coefficient (Wildman–Crippen LogP) is 1.49. The van der Waals surface area contributed by atoms with Gasteiger partial charge in [-0.3, -0.25) is 5.10 Å². The number of nitrogens with one attached hydrogen (secondary N) is 1. The molecule has 1 saturated carbocycles. The van der Waals surface area contributed by atoms with Crippen molar-refractivity contribution in [2.24, 2.45) is 27.1 Å². The molecule has 0 saturated heterocycles. The summed E-state index contributed by atoms with van der Waals surface area (Å²) in [6, 6.07) is 0. The Morgan fingerprint density at radius 2 is 2.33 bits per heavy atom. The molecule has 2 heterocycles. The predicted molar refractivity (Wildman–Crippen MR) is 53.9 cm³/mol. The summed E-state index contributed by atoms with van der Waals surface area (Å²) in [7, 11) is 0. The smallest absolute Gasteiger partial charge is 0.197 e. The van der Waals surface area contributed by atoms with E-state index < -0.39 is 0 Å². The summed E-state index contributed by atoms with van der Waals surface area (Å²) in [6.07, 6.45) is 1.14. The van der Waals surface area contributed by atoms with E-state index in [-0.39, 0.29) is 0 Å². The molecule has 0 bridgehead atoms. The van der Waals surface area contributed by atoms with Crippen LogP contribution in [0.5, 0.6) is 0 Å². The minimum absolute atomic E-state index is 0.465. The second-order valence-electron chi connectivity index (χ2n) is 4.58. The van der Waals surface area contributed by atoms with Crippen LogP contribution in [-0.2, 0) is 6.42 Å². The van der Waals surface area contributed by atoms with Crippen LogP contribution in [0.15, 0.2) is 15.2 Å². The summed E-state index contributed by atoms with van der Waals surface area (Å²) in [4.78, 5) is 4.23. The van der Waals surface area contributed by atoms with Gasteiger partial charge in [-0.25, -0.2) is 4.99 Å². The normalized spacial score (nSPS) is 35.3. The molecule has 0 amide bonds. The van der Waals surface area contributed by atoms with Crippen LogP contribution >= 0.6 is 0 Å². The largest absolute Gasteiger partial charge is 0.274 e. The molecule has 15 heavy (non-hydrogen) atoms. The zero-order chi connectivity index (χ0) is 9.99. The topological polar surface area (TPSA) is 65.8 Å². The average molecular weight is 201 g/mol. The second-order valence-corrected chi connectivity index (χ2v) is 4.58. The van der Waals surface area contributed by atoms with Crippen LogP contribution < -0.4 is 0 Å². The number of hydrogen-bond acceptors (Lipinski definition) is 4. The fourth-order valence-electron chi connectivity index (χ4n) is 2.95. The first-order valence-electron chi connectivity index (χ1n) is 5.35. The lowest BCUT2D eigenvalue weighted by molar-refractivity contribution is 0.751. The lowest BCUT2D eigenvalue weighted by atomic mass is 10.1. The lowest BCUT2D eigenvalue weighted by Gasteiger charge is -1.98. The van der Waals surface area contributed by atoms with E-state index in [1.165, 1.54) is 11.3 Å². The van der Waals surface area contributed by atoms with Crippen LogP contribution in [0.1, 0.15) is 29.8 Å². The van der Waals surface area contributed by atoms with Crippen molar-refractivity contribution in [3.05, 3.63) is 17.0 Å². The number of fused-ring (bicyclic) bond motifs is 3. The van der Waals surface area contributed by atoms with Crippen LogP contribution in [0.25, 0.3) is 0 Å². The van der Waals surface area contributed by atoms with E-state index in [1.807, 2.05) is 0 Å². The number of hydrogen-bond donors (Lipinski definition) is 1. The molecule has 4 rings (SSSR count). The SMILES string of the molecule is CC1C2Cc3c(n[nH]c3C3=NCN=N3)C12. The third-order valence-electron chi connectivity index (χ3n) is 3.89. The molecule has 0 radical (unpaired) electrons. The Balaban J connectivity index is 1.81. The van der Waals surface area contributed by atoms with Gasteiger partial charge < -0.3 is 0 Å². The lowest BCUT2D eigenvalue weighted by Crippen LogP contribution is -2.00. The number of aromatic amines is 1. The third kappa shape index (κ3) is 0.836. The summed E-state index contributed by atoms with van der Waals surface area (Å²) >= 11 is 0. The highest BCUT2D eigenvalue weighted by Gasteiger charge is 2.55. The third-order valence-corrected chi connectivity index (χ3v) is 3.89. The standard InChI is InChI=1S/C10H11N5/c1-4-5-2-6-8(7(4)5)13-14-9(6)10-11-3-12-15-10/h4-5,7H,2-3H2,1H3,(H,13,14). The van der Waals surface area contributed by atoms with E-state index >= 15 is 0 Å². The molecular formula is C10H11N5. The highest BCUT2D eigenvalue weighted by Crippen LogP contribution is 2.60. The van der Waals surface area contributed by atoms with Crippen molar-refractivity contribution in [1.29, 1.82) is 0 Å². The first kappa shape index (κ1) is 7.73. The Labute approximate surface area is 86.7 Å². The van der Waals surface area contributed by atoms with E-state index in [4.69, 9.17) is 0 Å². The van der Waals surface area contributed by atoms with Crippen molar-refractivity contribution >= 4 is 5.84 Å². The molecule has 0 spiro atoms. The number of aromatic nitrogens is 2. The molecular weight excluding hydrogens is 190 g/mol. The summed E-state index contributed by atoms with van der Waals surface area (Å²) in [5.41, 5.74) is 3.60. The molecule has 0 aromatic carbocycles. The number of aliphatic imine (C=N–C) groups is 1. The number of rotatable bonds is 1. The average Bonchev–Trinajstić information content (AvgIpc) is 2.76. The maximum Gasteiger partial charge on any atom is 0.197 e. The van der Waals surface area contributed by atoms with Gasteiger partial charge in [0.15, 0.2) is 12.5 Å². The van der Waals surface area contributed by atoms with Gasteiger partial charge >= 0.3 is 0 Å². The van der Waals surface area contributed by atoms with Crippen LogP contribution in [0.3, 0.4) is 0 Å². The molecule has 5 nitrogen and oxygen atoms in total. The van der Waals surface area contributed by atoms with Crippen LogP contribution in [0, 0.1) is 11.8 Å². The minimum Gasteiger partial charge on any atom is -0.274 e. The zero-order valence-electron chi connectivity index (χ0n) is 8.44. The molecule has 1 fully saturated rings. The number of azo groups is 1. The van der Waals surface area contributed by atoms with Gasteiger partial charge in [0.2, 0.25) is 0 Å². The summed E-state index contributed by atoms with van der Waals surface area (Å²) in [5.74, 6) is 3.08. The van der Waals surface area contributed by atoms with Crippen molar-refractivity contribution < 1.29 is 0 Å². The Bertz CT molecular complexity index is 498. The summed E-state index contributed by atoms with van der Waals surface area (Å²) < 4.78 is 0. The maximum atomic E-state index is 4.41. The van der Waals surface area contributed by atoms with Crippen LogP contribution in [0.4, 0.5) is 0 Å². The Kier molecular flexibility index (Phi) is 1.21. The van der Waals surface area contributed by atoms with Gasteiger partial charge in [-0.05, 0) is 18.3 Å². The van der Waals surface area contributed by atoms with Crippen LogP contribution in [0.2, 0.25) is 0 Å². The molecule has 1 aromatic heterocycles. The van der Waals surface area contributed by atoms with Crippen LogP contribution in [-0.4, -0.2) is 22.7 Å². The molecule has 3 unspecified atom stereocenters. The van der Waals surface area contributed by atoms with E-state index in [0.29, 0.717) is 12.6 Å². The highest BCUT2D eigenvalue weighted by atomic mass is 15.3. The molecule has 3 atom stereocenters. The molecule has 5 heteroatoms. The zero-order valence-corrected chi connectivity index (χ0v) is 8.44. The summed E-state index contributed by atoms with van der Waals surface area (Å²) in [5, 5.41) is 15.4. The quantitative estimate of drug-likeness (QED) is 0.734. The van der Waals surface area contributed by atoms with Crippen molar-refractivity contribution in [2.45, 2.75) is 19.3 Å².